The van der Waals surface area contributed by atoms with Crippen molar-refractivity contribution in [2.45, 2.75) is 19.6 Å². The highest BCUT2D eigenvalue weighted by molar-refractivity contribution is 7.10. The van der Waals surface area contributed by atoms with E-state index in [9.17, 15) is 22.4 Å². The number of carbonyl (C=O) groups is 1. The molecule has 7 heteroatoms. The smallest absolute Gasteiger partial charge is 0.347 e. The zero-order valence-corrected chi connectivity index (χ0v) is 11.7. The zero-order chi connectivity index (χ0) is 15.6. The van der Waals surface area contributed by atoms with E-state index in [1.165, 1.54) is 11.3 Å². The maximum Gasteiger partial charge on any atom is 0.419 e. The second-order valence-electron chi connectivity index (χ2n) is 4.40. The topological polar surface area (TPSA) is 29.1 Å². The normalized spacial score (nSPS) is 11.5. The molecule has 112 valence electrons. The van der Waals surface area contributed by atoms with Crippen molar-refractivity contribution in [3.63, 3.8) is 0 Å². The summed E-state index contributed by atoms with van der Waals surface area (Å²) in [5.74, 6) is -2.07. The summed E-state index contributed by atoms with van der Waals surface area (Å²) in [7, 11) is 0. The first-order valence-corrected chi connectivity index (χ1v) is 6.85. The Morgan fingerprint density at radius 3 is 2.57 bits per heavy atom. The van der Waals surface area contributed by atoms with Crippen LogP contribution >= 0.6 is 11.3 Å². The SMILES string of the molecule is Cc1ccsc1CNC(=O)c1ccc(F)c(C(F)(F)F)c1. The molecule has 0 aliphatic carbocycles. The van der Waals surface area contributed by atoms with Crippen molar-refractivity contribution in [3.05, 3.63) is 57.0 Å². The van der Waals surface area contributed by atoms with E-state index in [1.54, 1.807) is 0 Å². The van der Waals surface area contributed by atoms with Gasteiger partial charge in [0.2, 0.25) is 0 Å². The predicted octanol–water partition coefficient (Wildman–Crippen LogP) is 4.14. The van der Waals surface area contributed by atoms with Crippen LogP contribution in [0.4, 0.5) is 17.6 Å². The Hall–Kier alpha value is -1.89. The summed E-state index contributed by atoms with van der Waals surface area (Å²) in [6, 6.07) is 4.08. The summed E-state index contributed by atoms with van der Waals surface area (Å²) in [5.41, 5.74) is -0.671. The summed E-state index contributed by atoms with van der Waals surface area (Å²) in [6.07, 6.45) is -4.83. The van der Waals surface area contributed by atoms with Crippen molar-refractivity contribution in [1.29, 1.82) is 0 Å². The van der Waals surface area contributed by atoms with Gasteiger partial charge in [0.15, 0.2) is 0 Å². The molecule has 0 fully saturated rings. The molecule has 2 rings (SSSR count). The molecule has 0 saturated carbocycles. The summed E-state index contributed by atoms with van der Waals surface area (Å²) in [5, 5.41) is 4.38. The van der Waals surface area contributed by atoms with Crippen LogP contribution in [0.1, 0.15) is 26.4 Å². The van der Waals surface area contributed by atoms with Crippen molar-refractivity contribution < 1.29 is 22.4 Å². The van der Waals surface area contributed by atoms with Gasteiger partial charge in [-0.2, -0.15) is 13.2 Å². The third-order valence-corrected chi connectivity index (χ3v) is 3.93. The van der Waals surface area contributed by atoms with Gasteiger partial charge in [-0.25, -0.2) is 4.39 Å². The molecule has 1 aromatic heterocycles. The molecule has 0 unspecified atom stereocenters. The number of alkyl halides is 3. The van der Waals surface area contributed by atoms with Gasteiger partial charge in [0.1, 0.15) is 5.82 Å². The Balaban J connectivity index is 2.15. The lowest BCUT2D eigenvalue weighted by molar-refractivity contribution is -0.140. The summed E-state index contributed by atoms with van der Waals surface area (Å²) in [6.45, 7) is 2.10. The van der Waals surface area contributed by atoms with Crippen molar-refractivity contribution in [2.24, 2.45) is 0 Å². The first-order valence-electron chi connectivity index (χ1n) is 5.97. The van der Waals surface area contributed by atoms with Gasteiger partial charge in [0.05, 0.1) is 12.1 Å². The van der Waals surface area contributed by atoms with E-state index in [2.05, 4.69) is 5.32 Å². The van der Waals surface area contributed by atoms with Gasteiger partial charge in [-0.3, -0.25) is 4.79 Å². The maximum atomic E-state index is 13.1. The molecule has 0 aliphatic rings. The van der Waals surface area contributed by atoms with Gasteiger partial charge in [0.25, 0.3) is 5.91 Å². The predicted molar refractivity (Wildman–Crippen MR) is 71.6 cm³/mol. The van der Waals surface area contributed by atoms with Crippen LogP contribution in [0.5, 0.6) is 0 Å². The average molecular weight is 317 g/mol. The van der Waals surface area contributed by atoms with E-state index in [1.807, 2.05) is 18.4 Å². The Bertz CT molecular complexity index is 663. The van der Waals surface area contributed by atoms with Crippen LogP contribution in [-0.2, 0) is 12.7 Å². The highest BCUT2D eigenvalue weighted by Gasteiger charge is 2.34. The lowest BCUT2D eigenvalue weighted by atomic mass is 10.1. The first kappa shape index (κ1) is 15.5. The minimum absolute atomic E-state index is 0.223. The summed E-state index contributed by atoms with van der Waals surface area (Å²) < 4.78 is 50.9. The third kappa shape index (κ3) is 3.60. The molecular weight excluding hydrogens is 306 g/mol. The number of nitrogens with one attached hydrogen (secondary N) is 1. The fourth-order valence-electron chi connectivity index (χ4n) is 1.73. The van der Waals surface area contributed by atoms with Gasteiger partial charge in [-0.15, -0.1) is 11.3 Å². The summed E-state index contributed by atoms with van der Waals surface area (Å²) >= 11 is 1.44. The van der Waals surface area contributed by atoms with Crippen LogP contribution in [0.3, 0.4) is 0 Å². The zero-order valence-electron chi connectivity index (χ0n) is 10.9. The van der Waals surface area contributed by atoms with E-state index in [0.717, 1.165) is 16.5 Å². The van der Waals surface area contributed by atoms with Crippen LogP contribution in [0.15, 0.2) is 29.6 Å². The van der Waals surface area contributed by atoms with Crippen LogP contribution in [0.2, 0.25) is 0 Å². The number of rotatable bonds is 3. The van der Waals surface area contributed by atoms with Crippen molar-refractivity contribution >= 4 is 17.2 Å². The molecule has 0 radical (unpaired) electrons. The fourth-order valence-corrected chi connectivity index (χ4v) is 2.58. The molecule has 21 heavy (non-hydrogen) atoms. The number of hydrogen-bond acceptors (Lipinski definition) is 2. The molecule has 1 aromatic carbocycles. The number of aryl methyl sites for hydroxylation is 1. The van der Waals surface area contributed by atoms with Crippen LogP contribution < -0.4 is 5.32 Å². The number of carbonyl (C=O) groups excluding carboxylic acids is 1. The molecule has 0 saturated heterocycles. The van der Waals surface area contributed by atoms with Crippen molar-refractivity contribution in [3.8, 4) is 0 Å². The molecule has 1 heterocycles. The van der Waals surface area contributed by atoms with Gasteiger partial charge in [-0.05, 0) is 42.1 Å². The third-order valence-electron chi connectivity index (χ3n) is 2.91. The van der Waals surface area contributed by atoms with Crippen molar-refractivity contribution in [2.75, 3.05) is 0 Å². The monoisotopic (exact) mass is 317 g/mol. The lowest BCUT2D eigenvalue weighted by Gasteiger charge is -2.10. The molecule has 1 N–H and O–H groups in total. The molecule has 0 atom stereocenters. The van der Waals surface area contributed by atoms with Crippen molar-refractivity contribution in [1.82, 2.24) is 5.32 Å². The molecule has 0 aliphatic heterocycles. The molecular formula is C14H11F4NOS. The largest absolute Gasteiger partial charge is 0.419 e. The molecule has 2 aromatic rings. The Kier molecular flexibility index (Phi) is 4.32. The van der Waals surface area contributed by atoms with Gasteiger partial charge < -0.3 is 5.32 Å². The Labute approximate surface area is 122 Å². The molecule has 0 spiro atoms. The minimum Gasteiger partial charge on any atom is -0.347 e. The molecule has 1 amide bonds. The Morgan fingerprint density at radius 1 is 1.29 bits per heavy atom. The number of hydrogen-bond donors (Lipinski definition) is 1. The van der Waals surface area contributed by atoms with Gasteiger partial charge in [-0.1, -0.05) is 0 Å². The summed E-state index contributed by atoms with van der Waals surface area (Å²) in [4.78, 5) is 12.8. The fraction of sp³-hybridized carbons (Fsp3) is 0.214. The molecule has 0 bridgehead atoms. The number of benzene rings is 1. The van der Waals surface area contributed by atoms with Crippen LogP contribution in [0.25, 0.3) is 0 Å². The average Bonchev–Trinajstić information content (AvgIpc) is 2.80. The quantitative estimate of drug-likeness (QED) is 0.847. The van der Waals surface area contributed by atoms with E-state index in [4.69, 9.17) is 0 Å². The van der Waals surface area contributed by atoms with E-state index >= 15 is 0 Å². The van der Waals surface area contributed by atoms with Gasteiger partial charge >= 0.3 is 6.18 Å². The highest BCUT2D eigenvalue weighted by Crippen LogP contribution is 2.31. The number of amides is 1. The second-order valence-corrected chi connectivity index (χ2v) is 5.40. The van der Waals surface area contributed by atoms with Crippen LogP contribution in [-0.4, -0.2) is 5.91 Å². The van der Waals surface area contributed by atoms with Gasteiger partial charge in [0, 0.05) is 10.4 Å². The van der Waals surface area contributed by atoms with E-state index in [-0.39, 0.29) is 12.1 Å². The number of thiophene rings is 1. The highest BCUT2D eigenvalue weighted by atomic mass is 32.1. The maximum absolute atomic E-state index is 13.1. The second kappa shape index (κ2) is 5.85. The standard InChI is InChI=1S/C14H11F4NOS/c1-8-4-5-21-12(8)7-19-13(20)9-2-3-11(15)10(6-9)14(16,17)18/h2-6H,7H2,1H3,(H,19,20). The number of halogens is 4. The Morgan fingerprint density at radius 2 is 2.00 bits per heavy atom. The molecule has 2 nitrogen and oxygen atoms in total. The minimum atomic E-state index is -4.83. The lowest BCUT2D eigenvalue weighted by Crippen LogP contribution is -2.23. The van der Waals surface area contributed by atoms with Crippen LogP contribution in [0, 0.1) is 12.7 Å². The first-order chi connectivity index (χ1) is 9.79. The van der Waals surface area contributed by atoms with E-state index < -0.39 is 23.5 Å². The van der Waals surface area contributed by atoms with E-state index in [0.29, 0.717) is 12.1 Å².